The quantitative estimate of drug-likeness (QED) is 0.923. The zero-order valence-electron chi connectivity index (χ0n) is 9.86. The molecule has 0 radical (unpaired) electrons. The number of sulfonamides is 1. The van der Waals surface area contributed by atoms with E-state index in [1.165, 1.54) is 0 Å². The molecule has 19 heavy (non-hydrogen) atoms. The molecule has 1 saturated carbocycles. The van der Waals surface area contributed by atoms with Crippen molar-refractivity contribution in [2.45, 2.75) is 25.1 Å². The van der Waals surface area contributed by atoms with Gasteiger partial charge in [-0.1, -0.05) is 0 Å². The van der Waals surface area contributed by atoms with E-state index in [0.29, 0.717) is 19.0 Å². The Kier molecular flexibility index (Phi) is 3.33. The number of pyridine rings is 1. The van der Waals surface area contributed by atoms with Crippen molar-refractivity contribution in [3.63, 3.8) is 0 Å². The fourth-order valence-electron chi connectivity index (χ4n) is 1.36. The van der Waals surface area contributed by atoms with Crippen LogP contribution >= 0.6 is 0 Å². The normalized spacial score (nSPS) is 16.2. The minimum atomic E-state index is -4.60. The number of ether oxygens (including phenoxy) is 1. The Hall–Kier alpha value is -1.51. The predicted octanol–water partition coefficient (Wildman–Crippen LogP) is 2.01. The fourth-order valence-corrected chi connectivity index (χ4v) is 1.85. The molecule has 1 fully saturated rings. The van der Waals surface area contributed by atoms with Crippen molar-refractivity contribution in [1.29, 1.82) is 0 Å². The third-order valence-electron chi connectivity index (χ3n) is 2.28. The zero-order valence-corrected chi connectivity index (χ0v) is 10.7. The first-order valence-electron chi connectivity index (χ1n) is 5.37. The van der Waals surface area contributed by atoms with Crippen molar-refractivity contribution in [2.24, 2.45) is 0 Å². The number of hydrogen-bond donors (Lipinski definition) is 1. The van der Waals surface area contributed by atoms with Gasteiger partial charge in [0.25, 0.3) is 0 Å². The van der Waals surface area contributed by atoms with Gasteiger partial charge in [-0.05, 0) is 12.8 Å². The molecule has 5 nitrogen and oxygen atoms in total. The molecule has 1 aliphatic carbocycles. The van der Waals surface area contributed by atoms with E-state index in [0.717, 1.165) is 12.3 Å². The van der Waals surface area contributed by atoms with Crippen LogP contribution < -0.4 is 9.46 Å². The molecule has 1 N–H and O–H groups in total. The molecule has 0 aliphatic heterocycles. The lowest BCUT2D eigenvalue weighted by atomic mass is 10.2. The molecular weight excluding hydrogens is 285 g/mol. The topological polar surface area (TPSA) is 68.3 Å². The smallest absolute Gasteiger partial charge is 0.421 e. The first kappa shape index (κ1) is 13.9. The van der Waals surface area contributed by atoms with Crippen molar-refractivity contribution in [3.05, 3.63) is 17.8 Å². The van der Waals surface area contributed by atoms with Gasteiger partial charge in [0.1, 0.15) is 17.1 Å². The van der Waals surface area contributed by atoms with Gasteiger partial charge in [-0.2, -0.15) is 13.2 Å². The van der Waals surface area contributed by atoms with Crippen LogP contribution in [0.25, 0.3) is 0 Å². The molecule has 1 aromatic heterocycles. The number of nitrogens with one attached hydrogen (secondary N) is 1. The van der Waals surface area contributed by atoms with Crippen LogP contribution in [-0.2, 0) is 16.2 Å². The van der Waals surface area contributed by atoms with E-state index in [4.69, 9.17) is 4.74 Å². The monoisotopic (exact) mass is 296 g/mol. The highest BCUT2D eigenvalue weighted by atomic mass is 32.2. The number of hydrogen-bond acceptors (Lipinski definition) is 4. The molecule has 1 aliphatic rings. The summed E-state index contributed by atoms with van der Waals surface area (Å²) in [6.07, 6.45) is -2.02. The van der Waals surface area contributed by atoms with Crippen LogP contribution in [0.3, 0.4) is 0 Å². The van der Waals surface area contributed by atoms with Gasteiger partial charge in [0, 0.05) is 12.3 Å². The summed E-state index contributed by atoms with van der Waals surface area (Å²) < 4.78 is 67.4. The van der Waals surface area contributed by atoms with Crippen LogP contribution in [0.5, 0.6) is 5.75 Å². The number of aromatic nitrogens is 1. The minimum Gasteiger partial charge on any atom is -0.490 e. The van der Waals surface area contributed by atoms with Gasteiger partial charge in [0.2, 0.25) is 10.0 Å². The average molecular weight is 296 g/mol. The Morgan fingerprint density at radius 2 is 2.05 bits per heavy atom. The van der Waals surface area contributed by atoms with E-state index in [-0.39, 0.29) is 11.9 Å². The van der Waals surface area contributed by atoms with Crippen molar-refractivity contribution >= 4 is 15.8 Å². The minimum absolute atomic E-state index is 0.203. The molecule has 0 aromatic carbocycles. The number of rotatable bonds is 4. The second-order valence-corrected chi connectivity index (χ2v) is 6.00. The largest absolute Gasteiger partial charge is 0.490 e. The second kappa shape index (κ2) is 4.55. The number of halogens is 3. The lowest BCUT2D eigenvalue weighted by Crippen LogP contribution is -2.14. The second-order valence-electron chi connectivity index (χ2n) is 4.25. The van der Waals surface area contributed by atoms with E-state index in [9.17, 15) is 21.6 Å². The van der Waals surface area contributed by atoms with Gasteiger partial charge in [0.15, 0.2) is 0 Å². The van der Waals surface area contributed by atoms with E-state index >= 15 is 0 Å². The number of nitrogens with zero attached hydrogens (tertiary/aromatic N) is 1. The molecule has 2 rings (SSSR count). The maximum atomic E-state index is 12.7. The highest BCUT2D eigenvalue weighted by Gasteiger charge is 2.37. The maximum absolute atomic E-state index is 12.7. The lowest BCUT2D eigenvalue weighted by molar-refractivity contribution is -0.139. The van der Waals surface area contributed by atoms with Crippen molar-refractivity contribution in [1.82, 2.24) is 4.98 Å². The van der Waals surface area contributed by atoms with Gasteiger partial charge in [-0.15, -0.1) is 0 Å². The molecule has 0 bridgehead atoms. The van der Waals surface area contributed by atoms with Crippen LogP contribution in [0.15, 0.2) is 12.3 Å². The van der Waals surface area contributed by atoms with E-state index in [1.54, 1.807) is 0 Å². The molecule has 9 heteroatoms. The van der Waals surface area contributed by atoms with Gasteiger partial charge >= 0.3 is 6.18 Å². The Labute approximate surface area is 107 Å². The summed E-state index contributed by atoms with van der Waals surface area (Å²) in [5, 5.41) is 0. The van der Waals surface area contributed by atoms with Crippen LogP contribution in [0.4, 0.5) is 19.0 Å². The first-order chi connectivity index (χ1) is 8.65. The predicted molar refractivity (Wildman–Crippen MR) is 61.4 cm³/mol. The van der Waals surface area contributed by atoms with E-state index < -0.39 is 27.5 Å². The summed E-state index contributed by atoms with van der Waals surface area (Å²) in [7, 11) is -3.60. The van der Waals surface area contributed by atoms with Gasteiger partial charge < -0.3 is 4.74 Å². The fraction of sp³-hybridized carbons (Fsp3) is 0.500. The summed E-state index contributed by atoms with van der Waals surface area (Å²) in [5.41, 5.74) is -1.02. The molecule has 0 spiro atoms. The molecular formula is C10H11F3N2O3S. The summed E-state index contributed by atoms with van der Waals surface area (Å²) in [4.78, 5) is 3.43. The number of anilines is 1. The Morgan fingerprint density at radius 1 is 1.42 bits per heavy atom. The highest BCUT2D eigenvalue weighted by Crippen LogP contribution is 2.39. The Morgan fingerprint density at radius 3 is 2.53 bits per heavy atom. The van der Waals surface area contributed by atoms with Gasteiger partial charge in [0.05, 0.1) is 12.4 Å². The van der Waals surface area contributed by atoms with Crippen molar-refractivity contribution in [2.75, 3.05) is 11.0 Å². The van der Waals surface area contributed by atoms with Crippen molar-refractivity contribution in [3.8, 4) is 5.75 Å². The van der Waals surface area contributed by atoms with Gasteiger partial charge in [-0.25, -0.2) is 13.4 Å². The molecule has 0 saturated heterocycles. The standard InChI is InChI=1S/C10H11F3N2O3S/c1-19(16,17)15-9-4-8(18-6-2-3-6)7(5-14-9)10(11,12)13/h4-6H,2-3H2,1H3,(H,14,15). The Bertz CT molecular complexity index is 582. The molecule has 1 heterocycles. The summed E-state index contributed by atoms with van der Waals surface area (Å²) >= 11 is 0. The van der Waals surface area contributed by atoms with Crippen LogP contribution in [-0.4, -0.2) is 25.8 Å². The van der Waals surface area contributed by atoms with Crippen LogP contribution in [0, 0.1) is 0 Å². The van der Waals surface area contributed by atoms with Crippen molar-refractivity contribution < 1.29 is 26.3 Å². The summed E-state index contributed by atoms with van der Waals surface area (Å²) in [5.74, 6) is -0.609. The third-order valence-corrected chi connectivity index (χ3v) is 2.86. The van der Waals surface area contributed by atoms with E-state index in [1.807, 2.05) is 4.72 Å². The number of alkyl halides is 3. The molecule has 1 aromatic rings. The Balaban J connectivity index is 2.35. The molecule has 0 amide bonds. The average Bonchev–Trinajstić information content (AvgIpc) is 2.97. The van der Waals surface area contributed by atoms with Crippen LogP contribution in [0.1, 0.15) is 18.4 Å². The van der Waals surface area contributed by atoms with Crippen LogP contribution in [0.2, 0.25) is 0 Å². The SMILES string of the molecule is CS(=O)(=O)Nc1cc(OC2CC2)c(C(F)(F)F)cn1. The zero-order chi connectivity index (χ0) is 14.3. The molecule has 106 valence electrons. The molecule has 0 unspecified atom stereocenters. The summed E-state index contributed by atoms with van der Waals surface area (Å²) in [6.45, 7) is 0. The highest BCUT2D eigenvalue weighted by molar-refractivity contribution is 7.92. The summed E-state index contributed by atoms with van der Waals surface area (Å²) in [6, 6.07) is 0.947. The molecule has 0 atom stereocenters. The third kappa shape index (κ3) is 3.98. The first-order valence-corrected chi connectivity index (χ1v) is 7.26. The maximum Gasteiger partial charge on any atom is 0.421 e. The van der Waals surface area contributed by atoms with Gasteiger partial charge in [-0.3, -0.25) is 4.72 Å². The lowest BCUT2D eigenvalue weighted by Gasteiger charge is -2.14. The van der Waals surface area contributed by atoms with E-state index in [2.05, 4.69) is 4.98 Å².